The van der Waals surface area contributed by atoms with E-state index >= 15 is 0 Å². The lowest BCUT2D eigenvalue weighted by atomic mass is 9.97. The Morgan fingerprint density at radius 1 is 1.21 bits per heavy atom. The van der Waals surface area contributed by atoms with Crippen molar-refractivity contribution >= 4 is 44.9 Å². The zero-order valence-electron chi connectivity index (χ0n) is 16.1. The van der Waals surface area contributed by atoms with E-state index < -0.39 is 0 Å². The van der Waals surface area contributed by atoms with E-state index in [1.165, 1.54) is 35.0 Å². The highest BCUT2D eigenvalue weighted by Gasteiger charge is 2.24. The van der Waals surface area contributed by atoms with Gasteiger partial charge in [-0.25, -0.2) is 4.98 Å². The first-order chi connectivity index (χ1) is 14.3. The second-order valence-corrected chi connectivity index (χ2v) is 8.95. The number of esters is 1. The first kappa shape index (κ1) is 18.6. The molecule has 3 heterocycles. The number of nitrogens with zero attached hydrogens (tertiary/aromatic N) is 4. The van der Waals surface area contributed by atoms with Gasteiger partial charge in [-0.15, -0.1) is 21.5 Å². The number of benzene rings is 1. The normalized spacial score (nSPS) is 13.7. The van der Waals surface area contributed by atoms with E-state index in [0.29, 0.717) is 11.8 Å². The summed E-state index contributed by atoms with van der Waals surface area (Å²) < 4.78 is 7.07. The van der Waals surface area contributed by atoms with Gasteiger partial charge in [-0.3, -0.25) is 9.20 Å². The molecule has 8 heteroatoms. The SMILES string of the molecule is CCOC(=O)CSc1nnc2c3c4c(sc3nc(-c3ccccc3)n12)CCCC4. The smallest absolute Gasteiger partial charge is 0.316 e. The maximum Gasteiger partial charge on any atom is 0.316 e. The minimum Gasteiger partial charge on any atom is -0.465 e. The summed E-state index contributed by atoms with van der Waals surface area (Å²) in [6, 6.07) is 10.1. The highest BCUT2D eigenvalue weighted by Crippen LogP contribution is 2.39. The lowest BCUT2D eigenvalue weighted by Gasteiger charge is -2.11. The molecule has 1 aliphatic carbocycles. The van der Waals surface area contributed by atoms with Crippen LogP contribution in [0.3, 0.4) is 0 Å². The van der Waals surface area contributed by atoms with Crippen molar-refractivity contribution in [3.63, 3.8) is 0 Å². The molecule has 1 aromatic carbocycles. The standard InChI is InChI=1S/C21H20N4O2S2/c1-2-27-16(26)12-28-21-24-23-19-17-14-10-6-7-11-15(14)29-20(17)22-18(25(19)21)13-8-4-3-5-9-13/h3-5,8-9H,2,6-7,10-12H2,1H3. The lowest BCUT2D eigenvalue weighted by molar-refractivity contribution is -0.139. The predicted octanol–water partition coefficient (Wildman–Crippen LogP) is 4.54. The van der Waals surface area contributed by atoms with E-state index in [1.54, 1.807) is 11.3 Å². The number of carbonyl (C=O) groups excluding carboxylic acids is 1. The molecule has 0 atom stereocenters. The van der Waals surface area contributed by atoms with E-state index in [1.807, 2.05) is 41.7 Å². The largest absolute Gasteiger partial charge is 0.465 e. The van der Waals surface area contributed by atoms with Gasteiger partial charge in [0.25, 0.3) is 0 Å². The van der Waals surface area contributed by atoms with Crippen LogP contribution >= 0.6 is 23.1 Å². The quantitative estimate of drug-likeness (QED) is 0.346. The number of aromatic nitrogens is 4. The molecular formula is C21H20N4O2S2. The van der Waals surface area contributed by atoms with E-state index in [0.717, 1.165) is 40.1 Å². The number of hydrogen-bond acceptors (Lipinski definition) is 7. The molecule has 0 saturated carbocycles. The van der Waals surface area contributed by atoms with Crippen LogP contribution in [0.15, 0.2) is 35.5 Å². The van der Waals surface area contributed by atoms with Crippen molar-refractivity contribution in [2.75, 3.05) is 12.4 Å². The minimum atomic E-state index is -0.252. The Morgan fingerprint density at radius 2 is 2.03 bits per heavy atom. The predicted molar refractivity (Wildman–Crippen MR) is 116 cm³/mol. The van der Waals surface area contributed by atoms with Crippen molar-refractivity contribution in [3.8, 4) is 11.4 Å². The van der Waals surface area contributed by atoms with Crippen molar-refractivity contribution in [2.45, 2.75) is 37.8 Å². The van der Waals surface area contributed by atoms with Crippen LogP contribution < -0.4 is 0 Å². The van der Waals surface area contributed by atoms with Crippen LogP contribution in [-0.4, -0.2) is 37.9 Å². The molecule has 148 valence electrons. The fourth-order valence-corrected chi connectivity index (χ4v) is 5.82. The molecule has 5 rings (SSSR count). The second-order valence-electron chi connectivity index (χ2n) is 6.93. The van der Waals surface area contributed by atoms with Gasteiger partial charge in [0.1, 0.15) is 10.7 Å². The molecule has 0 radical (unpaired) electrons. The van der Waals surface area contributed by atoms with Gasteiger partial charge < -0.3 is 4.74 Å². The number of fused-ring (bicyclic) bond motifs is 5. The van der Waals surface area contributed by atoms with Gasteiger partial charge in [-0.1, -0.05) is 42.1 Å². The molecular weight excluding hydrogens is 404 g/mol. The highest BCUT2D eigenvalue weighted by molar-refractivity contribution is 7.99. The monoisotopic (exact) mass is 424 g/mol. The Labute approximate surface area is 176 Å². The molecule has 0 aliphatic heterocycles. The van der Waals surface area contributed by atoms with Crippen LogP contribution in [0.5, 0.6) is 0 Å². The molecule has 0 fully saturated rings. The summed E-state index contributed by atoms with van der Waals surface area (Å²) in [5.41, 5.74) is 3.21. The molecule has 0 unspecified atom stereocenters. The Morgan fingerprint density at radius 3 is 2.86 bits per heavy atom. The number of thiophene rings is 1. The van der Waals surface area contributed by atoms with Crippen LogP contribution in [0.4, 0.5) is 0 Å². The number of aryl methyl sites for hydroxylation is 2. The maximum absolute atomic E-state index is 11.9. The average Bonchev–Trinajstić information content (AvgIpc) is 3.33. The van der Waals surface area contributed by atoms with E-state index in [9.17, 15) is 4.79 Å². The van der Waals surface area contributed by atoms with Crippen LogP contribution in [0.1, 0.15) is 30.2 Å². The molecule has 29 heavy (non-hydrogen) atoms. The Hall–Kier alpha value is -2.45. The molecule has 4 aromatic rings. The topological polar surface area (TPSA) is 69.4 Å². The van der Waals surface area contributed by atoms with Crippen molar-refractivity contribution in [1.29, 1.82) is 0 Å². The van der Waals surface area contributed by atoms with Crippen LogP contribution in [0.25, 0.3) is 27.3 Å². The third kappa shape index (κ3) is 3.30. The highest BCUT2D eigenvalue weighted by atomic mass is 32.2. The molecule has 0 spiro atoms. The number of rotatable bonds is 5. The average molecular weight is 425 g/mol. The molecule has 6 nitrogen and oxygen atoms in total. The van der Waals surface area contributed by atoms with Crippen molar-refractivity contribution < 1.29 is 9.53 Å². The third-order valence-electron chi connectivity index (χ3n) is 5.09. The first-order valence-electron chi connectivity index (χ1n) is 9.79. The lowest BCUT2D eigenvalue weighted by Crippen LogP contribution is -2.07. The summed E-state index contributed by atoms with van der Waals surface area (Å²) in [7, 11) is 0. The van der Waals surface area contributed by atoms with Crippen LogP contribution in [0, 0.1) is 0 Å². The van der Waals surface area contributed by atoms with Crippen molar-refractivity contribution in [1.82, 2.24) is 19.6 Å². The zero-order chi connectivity index (χ0) is 19.8. The number of thioether (sulfide) groups is 1. The molecule has 1 aliphatic rings. The van der Waals surface area contributed by atoms with Gasteiger partial charge >= 0.3 is 5.97 Å². The maximum atomic E-state index is 11.9. The first-order valence-corrected chi connectivity index (χ1v) is 11.6. The molecule has 0 amide bonds. The number of ether oxygens (including phenoxy) is 1. The van der Waals surface area contributed by atoms with E-state index in [-0.39, 0.29) is 11.7 Å². The summed E-state index contributed by atoms with van der Waals surface area (Å²) in [5, 5.41) is 10.8. The molecule has 3 aromatic heterocycles. The summed E-state index contributed by atoms with van der Waals surface area (Å²) in [5.74, 6) is 0.753. The summed E-state index contributed by atoms with van der Waals surface area (Å²) in [6.07, 6.45) is 4.61. The molecule has 0 saturated heterocycles. The molecule has 0 bridgehead atoms. The number of carbonyl (C=O) groups is 1. The van der Waals surface area contributed by atoms with Gasteiger partial charge in [0.2, 0.25) is 0 Å². The minimum absolute atomic E-state index is 0.197. The zero-order valence-corrected chi connectivity index (χ0v) is 17.7. The third-order valence-corrected chi connectivity index (χ3v) is 7.17. The van der Waals surface area contributed by atoms with Crippen molar-refractivity contribution in [3.05, 3.63) is 40.8 Å². The second kappa shape index (κ2) is 7.76. The summed E-state index contributed by atoms with van der Waals surface area (Å²) in [4.78, 5) is 19.4. The Bertz CT molecular complexity index is 1200. The van der Waals surface area contributed by atoms with Crippen LogP contribution in [0.2, 0.25) is 0 Å². The van der Waals surface area contributed by atoms with Gasteiger partial charge in [-0.05, 0) is 38.2 Å². The van der Waals surface area contributed by atoms with Gasteiger partial charge in [-0.2, -0.15) is 0 Å². The van der Waals surface area contributed by atoms with Crippen molar-refractivity contribution in [2.24, 2.45) is 0 Å². The summed E-state index contributed by atoms with van der Waals surface area (Å²) >= 11 is 3.12. The Kier molecular flexibility index (Phi) is 4.97. The Balaban J connectivity index is 1.71. The van der Waals surface area contributed by atoms with Gasteiger partial charge in [0.15, 0.2) is 10.8 Å². The summed E-state index contributed by atoms with van der Waals surface area (Å²) in [6.45, 7) is 2.18. The van der Waals surface area contributed by atoms with E-state index in [4.69, 9.17) is 9.72 Å². The van der Waals surface area contributed by atoms with E-state index in [2.05, 4.69) is 10.2 Å². The van der Waals surface area contributed by atoms with Gasteiger partial charge in [0.05, 0.1) is 17.7 Å². The van der Waals surface area contributed by atoms with Gasteiger partial charge in [0, 0.05) is 10.4 Å². The fraction of sp³-hybridized carbons (Fsp3) is 0.333. The van der Waals surface area contributed by atoms with Crippen LogP contribution in [-0.2, 0) is 22.4 Å². The number of hydrogen-bond donors (Lipinski definition) is 0. The molecule has 0 N–H and O–H groups in total. The fourth-order valence-electron chi connectivity index (χ4n) is 3.83.